The number of aliphatic hydroxyl groups is 1. The van der Waals surface area contributed by atoms with Crippen LogP contribution in [0.2, 0.25) is 0 Å². The van der Waals surface area contributed by atoms with Crippen molar-refractivity contribution in [2.45, 2.75) is 31.7 Å². The standard InChI is InChI=1S/C11H13F4NO.ClH/c1-2-9(17)10(16)7-5-6(11(13,14)15)3-4-8(7)12;/h3-5,9-10,17H,2,16H2,1H3;1H/t9-,10+;/m0./s1. The SMILES string of the molecule is CC[C@H](O)[C@H](N)c1cc(C(F)(F)F)ccc1F.Cl. The molecule has 0 saturated heterocycles. The van der Waals surface area contributed by atoms with E-state index in [0.29, 0.717) is 18.2 Å². The lowest BCUT2D eigenvalue weighted by Gasteiger charge is -2.19. The fraction of sp³-hybridized carbons (Fsp3) is 0.455. The molecule has 0 aliphatic carbocycles. The second-order valence-corrected chi connectivity index (χ2v) is 3.74. The second-order valence-electron chi connectivity index (χ2n) is 3.74. The molecule has 2 nitrogen and oxygen atoms in total. The Hall–Kier alpha value is -0.850. The average molecular weight is 288 g/mol. The first-order valence-corrected chi connectivity index (χ1v) is 5.07. The molecule has 3 N–H and O–H groups in total. The van der Waals surface area contributed by atoms with Crippen molar-refractivity contribution < 1.29 is 22.7 Å². The van der Waals surface area contributed by atoms with Crippen LogP contribution in [0.15, 0.2) is 18.2 Å². The van der Waals surface area contributed by atoms with Gasteiger partial charge in [-0.15, -0.1) is 12.4 Å². The van der Waals surface area contributed by atoms with Crippen molar-refractivity contribution in [2.24, 2.45) is 5.73 Å². The summed E-state index contributed by atoms with van der Waals surface area (Å²) in [7, 11) is 0. The number of alkyl halides is 3. The van der Waals surface area contributed by atoms with Crippen LogP contribution in [0.1, 0.15) is 30.5 Å². The van der Waals surface area contributed by atoms with Crippen LogP contribution in [-0.2, 0) is 6.18 Å². The lowest BCUT2D eigenvalue weighted by molar-refractivity contribution is -0.137. The van der Waals surface area contributed by atoms with Crippen molar-refractivity contribution in [3.05, 3.63) is 35.1 Å². The fourth-order valence-corrected chi connectivity index (χ4v) is 1.44. The van der Waals surface area contributed by atoms with E-state index in [1.54, 1.807) is 6.92 Å². The monoisotopic (exact) mass is 287 g/mol. The van der Waals surface area contributed by atoms with Crippen molar-refractivity contribution in [3.63, 3.8) is 0 Å². The summed E-state index contributed by atoms with van der Waals surface area (Å²) in [6.07, 6.45) is -5.40. The van der Waals surface area contributed by atoms with Gasteiger partial charge in [0, 0.05) is 5.56 Å². The number of aliphatic hydroxyl groups excluding tert-OH is 1. The zero-order valence-electron chi connectivity index (χ0n) is 9.54. The van der Waals surface area contributed by atoms with Gasteiger partial charge >= 0.3 is 6.18 Å². The minimum absolute atomic E-state index is 0. The third-order valence-corrected chi connectivity index (χ3v) is 2.52. The number of halogens is 5. The third kappa shape index (κ3) is 3.83. The molecule has 0 aliphatic heterocycles. The van der Waals surface area contributed by atoms with Gasteiger partial charge in [-0.1, -0.05) is 6.92 Å². The summed E-state index contributed by atoms with van der Waals surface area (Å²) in [6.45, 7) is 1.61. The van der Waals surface area contributed by atoms with E-state index in [2.05, 4.69) is 0 Å². The Bertz CT molecular complexity index is 397. The first-order chi connectivity index (χ1) is 7.77. The van der Waals surface area contributed by atoms with Crippen LogP contribution in [-0.4, -0.2) is 11.2 Å². The van der Waals surface area contributed by atoms with Gasteiger partial charge in [0.2, 0.25) is 0 Å². The Morgan fingerprint density at radius 1 is 1.33 bits per heavy atom. The molecular formula is C11H14ClF4NO. The van der Waals surface area contributed by atoms with Crippen LogP contribution in [0.5, 0.6) is 0 Å². The minimum Gasteiger partial charge on any atom is -0.391 e. The van der Waals surface area contributed by atoms with Crippen molar-refractivity contribution >= 4 is 12.4 Å². The zero-order valence-corrected chi connectivity index (χ0v) is 10.4. The van der Waals surface area contributed by atoms with E-state index in [9.17, 15) is 22.7 Å². The summed E-state index contributed by atoms with van der Waals surface area (Å²) in [4.78, 5) is 0. The van der Waals surface area contributed by atoms with Gasteiger partial charge < -0.3 is 10.8 Å². The molecule has 104 valence electrons. The lowest BCUT2D eigenvalue weighted by Crippen LogP contribution is -2.26. The molecule has 1 rings (SSSR count). The molecular weight excluding hydrogens is 274 g/mol. The molecule has 18 heavy (non-hydrogen) atoms. The quantitative estimate of drug-likeness (QED) is 0.840. The third-order valence-electron chi connectivity index (χ3n) is 2.52. The van der Waals surface area contributed by atoms with E-state index in [-0.39, 0.29) is 24.4 Å². The molecule has 0 fully saturated rings. The van der Waals surface area contributed by atoms with Gasteiger partial charge in [0.25, 0.3) is 0 Å². The van der Waals surface area contributed by atoms with Crippen LogP contribution < -0.4 is 5.73 Å². The molecule has 0 radical (unpaired) electrons. The van der Waals surface area contributed by atoms with Crippen LogP contribution >= 0.6 is 12.4 Å². The number of rotatable bonds is 3. The van der Waals surface area contributed by atoms with Gasteiger partial charge in [-0.3, -0.25) is 0 Å². The topological polar surface area (TPSA) is 46.2 Å². The van der Waals surface area contributed by atoms with Gasteiger partial charge in [0.05, 0.1) is 17.7 Å². The fourth-order valence-electron chi connectivity index (χ4n) is 1.44. The van der Waals surface area contributed by atoms with Crippen LogP contribution in [0.25, 0.3) is 0 Å². The number of benzene rings is 1. The highest BCUT2D eigenvalue weighted by Gasteiger charge is 2.32. The largest absolute Gasteiger partial charge is 0.416 e. The maximum Gasteiger partial charge on any atom is 0.416 e. The smallest absolute Gasteiger partial charge is 0.391 e. The van der Waals surface area contributed by atoms with E-state index in [4.69, 9.17) is 5.73 Å². The number of nitrogens with two attached hydrogens (primary N) is 1. The highest BCUT2D eigenvalue weighted by Crippen LogP contribution is 2.32. The molecule has 7 heteroatoms. The summed E-state index contributed by atoms with van der Waals surface area (Å²) in [5.74, 6) is -0.849. The molecule has 0 unspecified atom stereocenters. The molecule has 1 aromatic carbocycles. The van der Waals surface area contributed by atoms with Gasteiger partial charge in [0.15, 0.2) is 0 Å². The molecule has 0 bridgehead atoms. The molecule has 0 saturated carbocycles. The Morgan fingerprint density at radius 2 is 1.89 bits per heavy atom. The Morgan fingerprint density at radius 3 is 2.33 bits per heavy atom. The van der Waals surface area contributed by atoms with E-state index in [0.717, 1.165) is 0 Å². The van der Waals surface area contributed by atoms with Gasteiger partial charge in [-0.2, -0.15) is 13.2 Å². The Balaban J connectivity index is 0.00000289. The Labute approximate surface area is 108 Å². The van der Waals surface area contributed by atoms with Crippen molar-refractivity contribution in [2.75, 3.05) is 0 Å². The maximum absolute atomic E-state index is 13.3. The maximum atomic E-state index is 13.3. The van der Waals surface area contributed by atoms with Crippen molar-refractivity contribution in [3.8, 4) is 0 Å². The van der Waals surface area contributed by atoms with Crippen molar-refractivity contribution in [1.82, 2.24) is 0 Å². The van der Waals surface area contributed by atoms with E-state index in [1.165, 1.54) is 0 Å². The van der Waals surface area contributed by atoms with Crippen molar-refractivity contribution in [1.29, 1.82) is 0 Å². The van der Waals surface area contributed by atoms with Gasteiger partial charge in [-0.05, 0) is 24.6 Å². The molecule has 0 spiro atoms. The van der Waals surface area contributed by atoms with Crippen LogP contribution in [0.3, 0.4) is 0 Å². The highest BCUT2D eigenvalue weighted by atomic mass is 35.5. The number of hydrogen-bond acceptors (Lipinski definition) is 2. The number of hydrogen-bond donors (Lipinski definition) is 2. The average Bonchev–Trinajstić information content (AvgIpc) is 2.26. The summed E-state index contributed by atoms with van der Waals surface area (Å²) in [6, 6.07) is 0.825. The van der Waals surface area contributed by atoms with E-state index < -0.39 is 29.7 Å². The zero-order chi connectivity index (χ0) is 13.2. The second kappa shape index (κ2) is 6.36. The first kappa shape index (κ1) is 17.2. The summed E-state index contributed by atoms with van der Waals surface area (Å²) >= 11 is 0. The normalized spacial score (nSPS) is 14.8. The lowest BCUT2D eigenvalue weighted by atomic mass is 9.98. The minimum atomic E-state index is -4.56. The molecule has 1 aromatic rings. The van der Waals surface area contributed by atoms with E-state index in [1.807, 2.05) is 0 Å². The molecule has 2 atom stereocenters. The summed E-state index contributed by atoms with van der Waals surface area (Å²) in [5.41, 5.74) is 4.20. The molecule has 0 heterocycles. The Kier molecular flexibility index (Phi) is 6.06. The summed E-state index contributed by atoms with van der Waals surface area (Å²) < 4.78 is 50.6. The van der Waals surface area contributed by atoms with E-state index >= 15 is 0 Å². The molecule has 0 aromatic heterocycles. The van der Waals surface area contributed by atoms with Crippen LogP contribution in [0.4, 0.5) is 17.6 Å². The highest BCUT2D eigenvalue weighted by molar-refractivity contribution is 5.85. The van der Waals surface area contributed by atoms with Crippen LogP contribution in [0, 0.1) is 5.82 Å². The van der Waals surface area contributed by atoms with Gasteiger partial charge in [0.1, 0.15) is 5.82 Å². The van der Waals surface area contributed by atoms with Gasteiger partial charge in [-0.25, -0.2) is 4.39 Å². The molecule has 0 amide bonds. The first-order valence-electron chi connectivity index (χ1n) is 5.07. The predicted molar refractivity (Wildman–Crippen MR) is 61.9 cm³/mol. The molecule has 0 aliphatic rings. The summed E-state index contributed by atoms with van der Waals surface area (Å²) in [5, 5.41) is 9.43. The predicted octanol–water partition coefficient (Wildman–Crippen LogP) is 3.04.